The minimum absolute atomic E-state index is 0.647. The largest absolute Gasteiger partial charge is 0.452 e. The quantitative estimate of drug-likeness (QED) is 0.161. The maximum Gasteiger partial charge on any atom is 0.180 e. The molecule has 290 valence electrons. The molecule has 0 spiro atoms. The molecule has 0 aliphatic heterocycles. The highest BCUT2D eigenvalue weighted by atomic mass is 16.3. The fraction of sp³-hybridized carbons (Fsp3) is 0. The van der Waals surface area contributed by atoms with Crippen molar-refractivity contribution in [2.75, 3.05) is 0 Å². The molecule has 9 aromatic carbocycles. The molecule has 0 bridgehead atoms. The maximum absolute atomic E-state index is 6.74. The van der Waals surface area contributed by atoms with E-state index in [0.29, 0.717) is 11.4 Å². The molecule has 0 atom stereocenters. The van der Waals surface area contributed by atoms with Crippen LogP contribution < -0.4 is 0 Å². The van der Waals surface area contributed by atoms with E-state index in [-0.39, 0.29) is 0 Å². The number of nitrogens with zero attached hydrogens (tertiary/aromatic N) is 3. The third kappa shape index (κ3) is 5.84. The molecular weight excluding hydrogens is 755 g/mol. The summed E-state index contributed by atoms with van der Waals surface area (Å²) in [4.78, 5) is 10.6. The van der Waals surface area contributed by atoms with Crippen molar-refractivity contribution in [2.45, 2.75) is 0 Å². The predicted molar refractivity (Wildman–Crippen MR) is 256 cm³/mol. The molecule has 0 radical (unpaired) electrons. The minimum atomic E-state index is 0.647. The van der Waals surface area contributed by atoms with Crippen LogP contribution in [-0.2, 0) is 0 Å². The van der Waals surface area contributed by atoms with Gasteiger partial charge in [-0.25, -0.2) is 9.97 Å². The van der Waals surface area contributed by atoms with E-state index in [1.807, 2.05) is 36.4 Å². The van der Waals surface area contributed by atoms with Crippen molar-refractivity contribution >= 4 is 43.9 Å². The summed E-state index contributed by atoms with van der Waals surface area (Å²) in [5.74, 6) is 0.647. The number of benzene rings is 9. The van der Waals surface area contributed by atoms with E-state index in [4.69, 9.17) is 14.4 Å². The summed E-state index contributed by atoms with van der Waals surface area (Å²) in [6.45, 7) is 0. The van der Waals surface area contributed by atoms with E-state index in [0.717, 1.165) is 94.5 Å². The molecule has 12 aromatic rings. The van der Waals surface area contributed by atoms with Crippen molar-refractivity contribution < 1.29 is 4.42 Å². The van der Waals surface area contributed by atoms with Crippen LogP contribution in [0.1, 0.15) is 0 Å². The van der Waals surface area contributed by atoms with Crippen LogP contribution in [-0.4, -0.2) is 14.5 Å². The SMILES string of the molecule is c1ccc(-c2nc(-c3cc(-c4ccccc4)c(-n4c5c(-c6ccccc6)cccc5c5cccc(-c6ccccc6)c54)c(-c4ccccc4)c3)c3oc4ccccc4c3n2)cc1. The first-order valence-corrected chi connectivity index (χ1v) is 21.0. The molecule has 4 nitrogen and oxygen atoms in total. The van der Waals surface area contributed by atoms with Gasteiger partial charge < -0.3 is 8.98 Å². The van der Waals surface area contributed by atoms with Crippen LogP contribution in [0.25, 0.3) is 117 Å². The van der Waals surface area contributed by atoms with E-state index in [9.17, 15) is 0 Å². The fourth-order valence-electron chi connectivity index (χ4n) is 9.23. The van der Waals surface area contributed by atoms with Gasteiger partial charge in [0.15, 0.2) is 11.4 Å². The fourth-order valence-corrected chi connectivity index (χ4v) is 9.23. The Hall–Kier alpha value is -8.34. The lowest BCUT2D eigenvalue weighted by atomic mass is 9.91. The Bertz CT molecular complexity index is 3440. The molecule has 0 unspecified atom stereocenters. The van der Waals surface area contributed by atoms with Gasteiger partial charge in [0, 0.05) is 49.5 Å². The summed E-state index contributed by atoms with van der Waals surface area (Å²) in [7, 11) is 0. The zero-order chi connectivity index (χ0) is 41.0. The van der Waals surface area contributed by atoms with E-state index in [1.54, 1.807) is 0 Å². The molecule has 12 rings (SSSR count). The molecule has 4 heteroatoms. The lowest BCUT2D eigenvalue weighted by molar-refractivity contribution is 0.667. The zero-order valence-corrected chi connectivity index (χ0v) is 33.6. The molecule has 62 heavy (non-hydrogen) atoms. The summed E-state index contributed by atoms with van der Waals surface area (Å²) in [6.07, 6.45) is 0. The van der Waals surface area contributed by atoms with Crippen LogP contribution in [0.4, 0.5) is 0 Å². The van der Waals surface area contributed by atoms with Gasteiger partial charge >= 0.3 is 0 Å². The van der Waals surface area contributed by atoms with Gasteiger partial charge in [0.2, 0.25) is 0 Å². The average molecular weight is 792 g/mol. The Balaban J connectivity index is 1.28. The van der Waals surface area contributed by atoms with Crippen molar-refractivity contribution in [3.8, 4) is 72.8 Å². The summed E-state index contributed by atoms with van der Waals surface area (Å²) in [5.41, 5.74) is 17.1. The monoisotopic (exact) mass is 791 g/mol. The molecule has 0 N–H and O–H groups in total. The number of hydrogen-bond donors (Lipinski definition) is 0. The van der Waals surface area contributed by atoms with Crippen LogP contribution in [0.2, 0.25) is 0 Å². The Morgan fingerprint density at radius 2 is 0.758 bits per heavy atom. The number of furan rings is 1. The van der Waals surface area contributed by atoms with Gasteiger partial charge in [0.1, 0.15) is 16.8 Å². The Morgan fingerprint density at radius 3 is 1.26 bits per heavy atom. The van der Waals surface area contributed by atoms with Gasteiger partial charge in [-0.1, -0.05) is 200 Å². The van der Waals surface area contributed by atoms with Crippen LogP contribution in [0.5, 0.6) is 0 Å². The summed E-state index contributed by atoms with van der Waals surface area (Å²) in [6, 6.07) is 79.5. The van der Waals surface area contributed by atoms with E-state index in [1.165, 1.54) is 10.8 Å². The highest BCUT2D eigenvalue weighted by Gasteiger charge is 2.27. The van der Waals surface area contributed by atoms with Crippen molar-refractivity contribution in [1.82, 2.24) is 14.5 Å². The van der Waals surface area contributed by atoms with Crippen LogP contribution in [0.3, 0.4) is 0 Å². The van der Waals surface area contributed by atoms with Gasteiger partial charge in [0.25, 0.3) is 0 Å². The number of hydrogen-bond acceptors (Lipinski definition) is 3. The first kappa shape index (κ1) is 35.6. The highest BCUT2D eigenvalue weighted by Crippen LogP contribution is 2.48. The van der Waals surface area contributed by atoms with Crippen LogP contribution >= 0.6 is 0 Å². The summed E-state index contributed by atoms with van der Waals surface area (Å²) < 4.78 is 9.29. The predicted octanol–water partition coefficient (Wildman–Crippen LogP) is 15.5. The van der Waals surface area contributed by atoms with E-state index in [2.05, 4.69) is 193 Å². The van der Waals surface area contributed by atoms with Crippen molar-refractivity contribution in [2.24, 2.45) is 0 Å². The summed E-state index contributed by atoms with van der Waals surface area (Å²) in [5, 5.41) is 3.33. The smallest absolute Gasteiger partial charge is 0.180 e. The number of fused-ring (bicyclic) bond motifs is 6. The third-order valence-corrected chi connectivity index (χ3v) is 12.0. The molecule has 0 saturated heterocycles. The molecule has 3 aromatic heterocycles. The van der Waals surface area contributed by atoms with Gasteiger partial charge in [-0.2, -0.15) is 0 Å². The average Bonchev–Trinajstić information content (AvgIpc) is 3.91. The van der Waals surface area contributed by atoms with Gasteiger partial charge in [-0.15, -0.1) is 0 Å². The van der Waals surface area contributed by atoms with Crippen molar-refractivity contribution in [3.63, 3.8) is 0 Å². The lowest BCUT2D eigenvalue weighted by Gasteiger charge is -2.23. The lowest BCUT2D eigenvalue weighted by Crippen LogP contribution is -2.04. The normalized spacial score (nSPS) is 11.5. The molecule has 0 aliphatic rings. The van der Waals surface area contributed by atoms with Crippen molar-refractivity contribution in [3.05, 3.63) is 224 Å². The topological polar surface area (TPSA) is 43.9 Å². The number of aromatic nitrogens is 3. The van der Waals surface area contributed by atoms with E-state index >= 15 is 0 Å². The standard InChI is InChI=1S/C58H37N3O/c1-6-20-38(21-7-1)44-31-18-33-46-47-34-19-32-45(39-22-8-2-9-23-39)55(47)61(54(44)46)56-49(40-24-10-3-11-25-40)36-43(37-50(56)41-26-12-4-13-27-41)52-57-53(48-30-16-17-35-51(48)62-57)60-58(59-52)42-28-14-5-15-29-42/h1-37H. The van der Waals surface area contributed by atoms with Gasteiger partial charge in [-0.05, 0) is 46.5 Å². The molecular formula is C58H37N3O. The molecule has 3 heterocycles. The Kier molecular flexibility index (Phi) is 8.46. The highest BCUT2D eigenvalue weighted by molar-refractivity contribution is 6.18. The Morgan fingerprint density at radius 1 is 0.339 bits per heavy atom. The second-order valence-corrected chi connectivity index (χ2v) is 15.7. The van der Waals surface area contributed by atoms with Gasteiger partial charge in [-0.3, -0.25) is 0 Å². The Labute approximate surface area is 358 Å². The van der Waals surface area contributed by atoms with Crippen molar-refractivity contribution in [1.29, 1.82) is 0 Å². The molecule has 0 fully saturated rings. The molecule has 0 amide bonds. The van der Waals surface area contributed by atoms with Crippen LogP contribution in [0.15, 0.2) is 229 Å². The zero-order valence-electron chi connectivity index (χ0n) is 33.6. The van der Waals surface area contributed by atoms with Gasteiger partial charge in [0.05, 0.1) is 16.7 Å². The van der Waals surface area contributed by atoms with Crippen LogP contribution in [0, 0.1) is 0 Å². The minimum Gasteiger partial charge on any atom is -0.452 e. The summed E-state index contributed by atoms with van der Waals surface area (Å²) >= 11 is 0. The van der Waals surface area contributed by atoms with E-state index < -0.39 is 0 Å². The first-order chi connectivity index (χ1) is 30.8. The molecule has 0 aliphatic carbocycles. The maximum atomic E-state index is 6.74. The third-order valence-electron chi connectivity index (χ3n) is 12.0. The molecule has 0 saturated carbocycles. The number of para-hydroxylation sites is 3. The number of rotatable bonds is 7. The first-order valence-electron chi connectivity index (χ1n) is 21.0. The second kappa shape index (κ2) is 14.7. The second-order valence-electron chi connectivity index (χ2n) is 15.7.